The Bertz CT molecular complexity index is 3490. The number of anilines is 4. The molecule has 0 saturated carbocycles. The second-order valence-corrected chi connectivity index (χ2v) is 24.4. The summed E-state index contributed by atoms with van der Waals surface area (Å²) in [5.41, 5.74) is 15.7. The van der Waals surface area contributed by atoms with E-state index in [4.69, 9.17) is 9.72 Å². The van der Waals surface area contributed by atoms with Gasteiger partial charge < -0.3 is 19.1 Å². The molecule has 0 unspecified atom stereocenters. The van der Waals surface area contributed by atoms with E-state index in [0.717, 1.165) is 50.4 Å². The summed E-state index contributed by atoms with van der Waals surface area (Å²) in [6.45, 7) is 34.4. The minimum atomic E-state index is -0.245. The Morgan fingerprint density at radius 3 is 1.74 bits per heavy atom. The van der Waals surface area contributed by atoms with Gasteiger partial charge in [0.2, 0.25) is 0 Å². The van der Waals surface area contributed by atoms with Gasteiger partial charge in [0.15, 0.2) is 0 Å². The van der Waals surface area contributed by atoms with E-state index < -0.39 is 0 Å². The Labute approximate surface area is 449 Å². The first kappa shape index (κ1) is 51.5. The van der Waals surface area contributed by atoms with Crippen molar-refractivity contribution in [2.24, 2.45) is 0 Å². The summed E-state index contributed by atoms with van der Waals surface area (Å²) < 4.78 is 9.09. The number of ether oxygens (including phenoxy) is 1. The zero-order valence-electron chi connectivity index (χ0n) is 45.1. The summed E-state index contributed by atoms with van der Waals surface area (Å²) in [6, 6.07) is 62.3. The predicted molar refractivity (Wildman–Crippen MR) is 303 cm³/mol. The number of benzene rings is 7. The summed E-state index contributed by atoms with van der Waals surface area (Å²) in [5.74, 6) is 2.03. The normalized spacial score (nSPS) is 13.4. The molecule has 5 nitrogen and oxygen atoms in total. The molecule has 0 radical (unpaired) electrons. The molecule has 1 aliphatic heterocycles. The van der Waals surface area contributed by atoms with Crippen LogP contribution in [0.5, 0.6) is 11.5 Å². The van der Waals surface area contributed by atoms with Gasteiger partial charge in [0.25, 0.3) is 0 Å². The number of aromatic nitrogens is 2. The number of pyridine rings is 1. The largest absolute Gasteiger partial charge is 0.509 e. The fraction of sp³-hybridized carbons (Fsp3) is 0.284. The molecule has 0 atom stereocenters. The smallest absolute Gasteiger partial charge is 0.135 e. The molecule has 0 fully saturated rings. The SMILES string of the molecule is CC(C)(C)c1cc(-c2ccccc2)cc(N2[CH-]N(c3[c-]c(Oc4[c-]c5c(cc4)c4cc(C(C)(C)C)ccc4n5-c4cc(C(C)(C)c5ccccc5)ccn4)ccc3)c3cc(C(C)(C)C)c(C(C)(C)C)cc32)c1.[Pt]. The second kappa shape index (κ2) is 18.8. The third-order valence-electron chi connectivity index (χ3n) is 14.6. The first-order chi connectivity index (χ1) is 33.9. The van der Waals surface area contributed by atoms with Crippen LogP contribution in [0.1, 0.15) is 130 Å². The second-order valence-electron chi connectivity index (χ2n) is 24.4. The third-order valence-corrected chi connectivity index (χ3v) is 14.6. The number of rotatable bonds is 8. The maximum atomic E-state index is 6.85. The molecule has 2 aromatic heterocycles. The van der Waals surface area contributed by atoms with E-state index in [0.29, 0.717) is 11.5 Å². The van der Waals surface area contributed by atoms with E-state index >= 15 is 0 Å². The average molecular weight is 1140 g/mol. The minimum absolute atomic E-state index is 0. The summed E-state index contributed by atoms with van der Waals surface area (Å²) >= 11 is 0. The van der Waals surface area contributed by atoms with Crippen LogP contribution >= 0.6 is 0 Å². The fourth-order valence-corrected chi connectivity index (χ4v) is 10.2. The quantitative estimate of drug-likeness (QED) is 0.142. The van der Waals surface area contributed by atoms with Crippen molar-refractivity contribution in [1.82, 2.24) is 9.55 Å². The molecular formula is C67H69N4OPt-3. The topological polar surface area (TPSA) is 33.5 Å². The minimum Gasteiger partial charge on any atom is -0.509 e. The Morgan fingerprint density at radius 2 is 1.10 bits per heavy atom. The van der Waals surface area contributed by atoms with E-state index in [1.54, 1.807) is 0 Å². The van der Waals surface area contributed by atoms with Gasteiger partial charge in [-0.05, 0) is 114 Å². The van der Waals surface area contributed by atoms with Crippen molar-refractivity contribution >= 4 is 44.6 Å². The Kier molecular flexibility index (Phi) is 13.3. The maximum Gasteiger partial charge on any atom is 0.135 e. The molecular weight excluding hydrogens is 1070 g/mol. The van der Waals surface area contributed by atoms with Crippen LogP contribution in [-0.4, -0.2) is 9.55 Å². The van der Waals surface area contributed by atoms with Gasteiger partial charge in [-0.1, -0.05) is 181 Å². The number of hydrogen-bond acceptors (Lipinski definition) is 4. The number of nitrogens with zero attached hydrogens (tertiary/aromatic N) is 4. The summed E-state index contributed by atoms with van der Waals surface area (Å²) in [5, 5.41) is 2.25. The standard InChI is InChI=1S/C67H69N4O.Pt/c1-63(2,3)47-28-31-58-55(37-47)54-30-29-53(40-59(54)71(58)62-38-48(32-33-68-62)67(13,14)46-24-19-16-20-25-46)72-52-27-21-26-50(39-52)69-43-70(61-42-57(66(10,11)12)56(41-60(61)69)65(7,8)9)51-35-45(44-22-17-15-18-23-44)34-49(36-51)64(4,5)6;/h15-38,41-43H,1-14H3;/q-3;. The summed E-state index contributed by atoms with van der Waals surface area (Å²) in [4.78, 5) is 9.69. The molecule has 73 heavy (non-hydrogen) atoms. The summed E-state index contributed by atoms with van der Waals surface area (Å²) in [7, 11) is 0. The molecule has 1 aliphatic rings. The molecule has 376 valence electrons. The first-order valence-corrected chi connectivity index (χ1v) is 25.5. The van der Waals surface area contributed by atoms with Crippen LogP contribution in [0.25, 0.3) is 38.8 Å². The Morgan fingerprint density at radius 1 is 0.466 bits per heavy atom. The summed E-state index contributed by atoms with van der Waals surface area (Å²) in [6.07, 6.45) is 1.93. The van der Waals surface area contributed by atoms with E-state index in [1.807, 2.05) is 18.3 Å². The van der Waals surface area contributed by atoms with Gasteiger partial charge >= 0.3 is 0 Å². The number of hydrogen-bond donors (Lipinski definition) is 0. The number of fused-ring (bicyclic) bond motifs is 4. The first-order valence-electron chi connectivity index (χ1n) is 25.5. The Balaban J connectivity index is 0.00000656. The fourth-order valence-electron chi connectivity index (χ4n) is 10.2. The zero-order chi connectivity index (χ0) is 51.1. The molecule has 6 heteroatoms. The van der Waals surface area contributed by atoms with Crippen LogP contribution in [0.15, 0.2) is 158 Å². The third kappa shape index (κ3) is 9.91. The van der Waals surface area contributed by atoms with Crippen LogP contribution < -0.4 is 14.5 Å². The zero-order valence-corrected chi connectivity index (χ0v) is 47.4. The molecule has 9 aromatic rings. The van der Waals surface area contributed by atoms with Crippen LogP contribution in [0.2, 0.25) is 0 Å². The maximum absolute atomic E-state index is 6.85. The Hall–Kier alpha value is -6.42. The van der Waals surface area contributed by atoms with Gasteiger partial charge in [-0.2, -0.15) is 12.1 Å². The van der Waals surface area contributed by atoms with Crippen LogP contribution in [-0.2, 0) is 48.1 Å². The molecule has 0 bridgehead atoms. The van der Waals surface area contributed by atoms with Crippen molar-refractivity contribution in [2.45, 2.75) is 124 Å². The van der Waals surface area contributed by atoms with Crippen LogP contribution in [0, 0.1) is 18.8 Å². The van der Waals surface area contributed by atoms with E-state index in [1.165, 1.54) is 44.5 Å². The molecule has 7 aromatic carbocycles. The molecule has 0 spiro atoms. The van der Waals surface area contributed by atoms with Crippen molar-refractivity contribution in [1.29, 1.82) is 0 Å². The molecule has 10 rings (SSSR count). The van der Waals surface area contributed by atoms with Crippen LogP contribution in [0.3, 0.4) is 0 Å². The van der Waals surface area contributed by atoms with E-state index in [9.17, 15) is 0 Å². The monoisotopic (exact) mass is 1140 g/mol. The van der Waals surface area contributed by atoms with Gasteiger partial charge in [-0.15, -0.1) is 48.1 Å². The predicted octanol–water partition coefficient (Wildman–Crippen LogP) is 18.2. The van der Waals surface area contributed by atoms with Crippen molar-refractivity contribution in [3.05, 3.63) is 210 Å². The van der Waals surface area contributed by atoms with Crippen LogP contribution in [0.4, 0.5) is 22.7 Å². The average Bonchev–Trinajstić information content (AvgIpc) is 3.88. The van der Waals surface area contributed by atoms with E-state index in [2.05, 4.69) is 270 Å². The van der Waals surface area contributed by atoms with Crippen molar-refractivity contribution in [2.75, 3.05) is 9.80 Å². The van der Waals surface area contributed by atoms with Crippen molar-refractivity contribution in [3.8, 4) is 28.4 Å². The van der Waals surface area contributed by atoms with Gasteiger partial charge in [-0.3, -0.25) is 0 Å². The van der Waals surface area contributed by atoms with Crippen molar-refractivity contribution in [3.63, 3.8) is 0 Å². The van der Waals surface area contributed by atoms with Gasteiger partial charge in [0, 0.05) is 66.8 Å². The van der Waals surface area contributed by atoms with E-state index in [-0.39, 0.29) is 48.1 Å². The van der Waals surface area contributed by atoms with Gasteiger partial charge in [-0.25, -0.2) is 4.98 Å². The van der Waals surface area contributed by atoms with Gasteiger partial charge in [0.05, 0.1) is 0 Å². The van der Waals surface area contributed by atoms with Gasteiger partial charge in [0.1, 0.15) is 5.82 Å². The molecule has 0 aliphatic carbocycles. The molecule has 3 heterocycles. The molecule has 0 amide bonds. The molecule has 0 N–H and O–H groups in total. The molecule has 0 saturated heterocycles. The van der Waals surface area contributed by atoms with Crippen molar-refractivity contribution < 1.29 is 25.8 Å².